The Labute approximate surface area is 118 Å². The van der Waals surface area contributed by atoms with Gasteiger partial charge in [0, 0.05) is 25.9 Å². The molecule has 0 radical (unpaired) electrons. The molecule has 0 aliphatic heterocycles. The van der Waals surface area contributed by atoms with E-state index < -0.39 is 9.84 Å². The molecule has 0 aromatic carbocycles. The predicted molar refractivity (Wildman–Crippen MR) is 82.4 cm³/mol. The van der Waals surface area contributed by atoms with Crippen LogP contribution in [0.15, 0.2) is 4.99 Å². The molecule has 1 atom stereocenters. The Kier molecular flexibility index (Phi) is 9.65. The molecule has 0 fully saturated rings. The number of nitrogens with zero attached hydrogens (tertiary/aromatic N) is 1. The molecule has 0 aliphatic carbocycles. The maximum absolute atomic E-state index is 11.0. The van der Waals surface area contributed by atoms with Crippen LogP contribution in [0, 0.1) is 0 Å². The van der Waals surface area contributed by atoms with E-state index in [1.807, 2.05) is 0 Å². The fourth-order valence-electron chi connectivity index (χ4n) is 1.74. The lowest BCUT2D eigenvalue weighted by Crippen LogP contribution is -2.42. The molecule has 0 bridgehead atoms. The summed E-state index contributed by atoms with van der Waals surface area (Å²) < 4.78 is 22.0. The van der Waals surface area contributed by atoms with Gasteiger partial charge in [-0.15, -0.1) is 0 Å². The Morgan fingerprint density at radius 1 is 1.26 bits per heavy atom. The molecule has 114 valence electrons. The normalized spacial score (nSPS) is 14.2. The maximum Gasteiger partial charge on any atom is 0.191 e. The molecule has 1 unspecified atom stereocenters. The van der Waals surface area contributed by atoms with Crippen molar-refractivity contribution < 1.29 is 8.42 Å². The van der Waals surface area contributed by atoms with Gasteiger partial charge < -0.3 is 10.6 Å². The Bertz CT molecular complexity index is 353. The molecule has 0 rings (SSSR count). The summed E-state index contributed by atoms with van der Waals surface area (Å²) in [6.07, 6.45) is 6.69. The Hall–Kier alpha value is -0.780. The monoisotopic (exact) mass is 291 g/mol. The van der Waals surface area contributed by atoms with Crippen LogP contribution in [0.4, 0.5) is 0 Å². The number of hydrogen-bond donors (Lipinski definition) is 2. The number of rotatable bonds is 9. The van der Waals surface area contributed by atoms with E-state index in [9.17, 15) is 8.42 Å². The van der Waals surface area contributed by atoms with E-state index in [-0.39, 0.29) is 5.75 Å². The van der Waals surface area contributed by atoms with Gasteiger partial charge in [-0.05, 0) is 19.8 Å². The van der Waals surface area contributed by atoms with E-state index >= 15 is 0 Å². The van der Waals surface area contributed by atoms with Crippen molar-refractivity contribution in [2.24, 2.45) is 4.99 Å². The maximum atomic E-state index is 11.0. The molecule has 0 amide bonds. The van der Waals surface area contributed by atoms with E-state index in [1.54, 1.807) is 7.05 Å². The molecule has 0 spiro atoms. The predicted octanol–water partition coefficient (Wildman–Crippen LogP) is 1.55. The first kappa shape index (κ1) is 18.2. The summed E-state index contributed by atoms with van der Waals surface area (Å²) in [6, 6.07) is 0.382. The van der Waals surface area contributed by atoms with E-state index in [2.05, 4.69) is 29.5 Å². The minimum absolute atomic E-state index is 0.211. The average molecular weight is 291 g/mol. The van der Waals surface area contributed by atoms with Gasteiger partial charge in [0.2, 0.25) is 0 Å². The van der Waals surface area contributed by atoms with Gasteiger partial charge in [0.25, 0.3) is 0 Å². The molecule has 0 saturated carbocycles. The Morgan fingerprint density at radius 2 is 1.95 bits per heavy atom. The van der Waals surface area contributed by atoms with Crippen molar-refractivity contribution in [3.63, 3.8) is 0 Å². The fourth-order valence-corrected chi connectivity index (χ4v) is 2.41. The lowest BCUT2D eigenvalue weighted by molar-refractivity contribution is 0.546. The highest BCUT2D eigenvalue weighted by molar-refractivity contribution is 7.90. The van der Waals surface area contributed by atoms with Gasteiger partial charge in [0.1, 0.15) is 9.84 Å². The van der Waals surface area contributed by atoms with Crippen molar-refractivity contribution in [1.82, 2.24) is 10.6 Å². The lowest BCUT2D eigenvalue weighted by Gasteiger charge is -2.17. The third kappa shape index (κ3) is 12.0. The smallest absolute Gasteiger partial charge is 0.191 e. The number of sulfone groups is 1. The summed E-state index contributed by atoms with van der Waals surface area (Å²) in [5.74, 6) is 0.959. The molecular weight excluding hydrogens is 262 g/mol. The molecular formula is C13H29N3O2S. The van der Waals surface area contributed by atoms with E-state index in [0.29, 0.717) is 19.0 Å². The molecule has 6 heteroatoms. The average Bonchev–Trinajstić information content (AvgIpc) is 2.32. The van der Waals surface area contributed by atoms with Crippen molar-refractivity contribution in [2.45, 2.75) is 52.0 Å². The van der Waals surface area contributed by atoms with E-state index in [1.165, 1.54) is 25.5 Å². The second kappa shape index (κ2) is 10.1. The van der Waals surface area contributed by atoms with E-state index in [4.69, 9.17) is 0 Å². The summed E-state index contributed by atoms with van der Waals surface area (Å²) in [7, 11) is -1.14. The standard InChI is InChI=1S/C13H29N3O2S/c1-5-6-7-9-12(2)16-13(14-3)15-10-8-11-19(4,17)18/h12H,5-11H2,1-4H3,(H2,14,15,16). The van der Waals surface area contributed by atoms with Crippen molar-refractivity contribution in [1.29, 1.82) is 0 Å². The second-order valence-electron chi connectivity index (χ2n) is 5.02. The van der Waals surface area contributed by atoms with Crippen LogP contribution in [0.5, 0.6) is 0 Å². The highest BCUT2D eigenvalue weighted by Crippen LogP contribution is 2.02. The molecule has 2 N–H and O–H groups in total. The van der Waals surface area contributed by atoms with Crippen molar-refractivity contribution >= 4 is 15.8 Å². The van der Waals surface area contributed by atoms with Crippen LogP contribution in [0.2, 0.25) is 0 Å². The third-order valence-electron chi connectivity index (χ3n) is 2.83. The number of nitrogens with one attached hydrogen (secondary N) is 2. The number of hydrogen-bond acceptors (Lipinski definition) is 3. The first-order valence-electron chi connectivity index (χ1n) is 7.04. The van der Waals surface area contributed by atoms with Crippen LogP contribution >= 0.6 is 0 Å². The van der Waals surface area contributed by atoms with Gasteiger partial charge in [0.15, 0.2) is 5.96 Å². The van der Waals surface area contributed by atoms with Crippen molar-refractivity contribution in [2.75, 3.05) is 25.6 Å². The molecule has 0 aromatic rings. The number of guanidine groups is 1. The van der Waals surface area contributed by atoms with Crippen LogP contribution in [0.1, 0.15) is 46.0 Å². The topological polar surface area (TPSA) is 70.6 Å². The van der Waals surface area contributed by atoms with Gasteiger partial charge in [-0.25, -0.2) is 8.42 Å². The summed E-state index contributed by atoms with van der Waals surface area (Å²) in [5.41, 5.74) is 0. The first-order valence-corrected chi connectivity index (χ1v) is 9.10. The zero-order chi connectivity index (χ0) is 14.7. The summed E-state index contributed by atoms with van der Waals surface area (Å²) in [4.78, 5) is 4.14. The molecule has 19 heavy (non-hydrogen) atoms. The zero-order valence-corrected chi connectivity index (χ0v) is 13.5. The molecule has 0 aliphatic rings. The molecule has 0 saturated heterocycles. The highest BCUT2D eigenvalue weighted by Gasteiger charge is 2.05. The second-order valence-corrected chi connectivity index (χ2v) is 7.28. The lowest BCUT2D eigenvalue weighted by atomic mass is 10.1. The van der Waals surface area contributed by atoms with Crippen LogP contribution in [-0.2, 0) is 9.84 Å². The third-order valence-corrected chi connectivity index (χ3v) is 3.86. The van der Waals surface area contributed by atoms with Crippen molar-refractivity contribution in [3.8, 4) is 0 Å². The Balaban J connectivity index is 3.83. The first-order chi connectivity index (χ1) is 8.89. The van der Waals surface area contributed by atoms with Crippen LogP contribution in [0.25, 0.3) is 0 Å². The molecule has 5 nitrogen and oxygen atoms in total. The summed E-state index contributed by atoms with van der Waals surface area (Å²) in [5, 5.41) is 6.45. The van der Waals surface area contributed by atoms with Gasteiger partial charge in [0.05, 0.1) is 5.75 Å². The van der Waals surface area contributed by atoms with Gasteiger partial charge in [-0.2, -0.15) is 0 Å². The van der Waals surface area contributed by atoms with E-state index in [0.717, 1.165) is 12.4 Å². The number of aliphatic imine (C=N–C) groups is 1. The van der Waals surface area contributed by atoms with Gasteiger partial charge in [-0.1, -0.05) is 26.2 Å². The molecule has 0 aromatic heterocycles. The summed E-state index contributed by atoms with van der Waals surface area (Å²) in [6.45, 7) is 4.95. The SMILES string of the molecule is CCCCCC(C)NC(=NC)NCCCS(C)(=O)=O. The van der Waals surface area contributed by atoms with Crippen molar-refractivity contribution in [3.05, 3.63) is 0 Å². The van der Waals surface area contributed by atoms with Crippen LogP contribution in [0.3, 0.4) is 0 Å². The minimum atomic E-state index is -2.87. The fraction of sp³-hybridized carbons (Fsp3) is 0.923. The largest absolute Gasteiger partial charge is 0.356 e. The van der Waals surface area contributed by atoms with Crippen LogP contribution in [-0.4, -0.2) is 46.0 Å². The summed E-state index contributed by atoms with van der Waals surface area (Å²) >= 11 is 0. The number of unbranched alkanes of at least 4 members (excludes halogenated alkanes) is 2. The molecule has 0 heterocycles. The Morgan fingerprint density at radius 3 is 2.47 bits per heavy atom. The quantitative estimate of drug-likeness (QED) is 0.384. The zero-order valence-electron chi connectivity index (χ0n) is 12.7. The van der Waals surface area contributed by atoms with Gasteiger partial charge >= 0.3 is 0 Å². The van der Waals surface area contributed by atoms with Gasteiger partial charge in [-0.3, -0.25) is 4.99 Å². The minimum Gasteiger partial charge on any atom is -0.356 e. The van der Waals surface area contributed by atoms with Crippen LogP contribution < -0.4 is 10.6 Å². The highest BCUT2D eigenvalue weighted by atomic mass is 32.2.